The zero-order valence-electron chi connectivity index (χ0n) is 20.0. The van der Waals surface area contributed by atoms with Crippen molar-refractivity contribution in [2.45, 2.75) is 50.8 Å². The largest absolute Gasteiger partial charge is 0.487 e. The SMILES string of the molecule is CCCCOc1c2n(cc(C(=O)NCc3cccc(Cl)c3F)c1=O)C1(CC(OC)C1)CN(C)C2=O. The molecule has 1 saturated carbocycles. The van der Waals surface area contributed by atoms with E-state index in [9.17, 15) is 18.8 Å². The molecule has 35 heavy (non-hydrogen) atoms. The predicted molar refractivity (Wildman–Crippen MR) is 129 cm³/mol. The van der Waals surface area contributed by atoms with Crippen LogP contribution in [0.1, 0.15) is 59.0 Å². The fourth-order valence-corrected chi connectivity index (χ4v) is 4.98. The van der Waals surface area contributed by atoms with Crippen LogP contribution in [0.25, 0.3) is 0 Å². The van der Waals surface area contributed by atoms with Gasteiger partial charge in [0, 0.05) is 39.0 Å². The number of likely N-dealkylation sites (N-methyl/N-ethyl adjacent to an activating group) is 1. The van der Waals surface area contributed by atoms with Crippen molar-refractivity contribution in [3.63, 3.8) is 0 Å². The zero-order valence-corrected chi connectivity index (χ0v) is 20.8. The second-order valence-electron chi connectivity index (χ2n) is 9.17. The van der Waals surface area contributed by atoms with Gasteiger partial charge in [0.05, 0.1) is 23.3 Å². The van der Waals surface area contributed by atoms with Crippen molar-refractivity contribution in [3.05, 3.63) is 62.3 Å². The second kappa shape index (κ2) is 9.99. The molecule has 0 bridgehead atoms. The summed E-state index contributed by atoms with van der Waals surface area (Å²) in [6.45, 7) is 2.49. The fraction of sp³-hybridized carbons (Fsp3) is 0.480. The first kappa shape index (κ1) is 25.2. The van der Waals surface area contributed by atoms with E-state index >= 15 is 0 Å². The number of benzene rings is 1. The maximum Gasteiger partial charge on any atom is 0.274 e. The molecular formula is C25H29ClFN3O5. The summed E-state index contributed by atoms with van der Waals surface area (Å²) >= 11 is 5.83. The maximum atomic E-state index is 14.3. The molecule has 0 radical (unpaired) electrons. The fourth-order valence-electron chi connectivity index (χ4n) is 4.79. The summed E-state index contributed by atoms with van der Waals surface area (Å²) < 4.78 is 27.3. The van der Waals surface area contributed by atoms with Gasteiger partial charge in [0.25, 0.3) is 11.8 Å². The van der Waals surface area contributed by atoms with E-state index in [0.717, 1.165) is 6.42 Å². The van der Waals surface area contributed by atoms with Gasteiger partial charge in [0.2, 0.25) is 5.43 Å². The van der Waals surface area contributed by atoms with Crippen LogP contribution in [0.5, 0.6) is 5.75 Å². The Hall–Kier alpha value is -2.91. The first-order valence-corrected chi connectivity index (χ1v) is 12.0. The van der Waals surface area contributed by atoms with Gasteiger partial charge >= 0.3 is 0 Å². The molecule has 0 atom stereocenters. The van der Waals surface area contributed by atoms with Crippen molar-refractivity contribution < 1.29 is 23.5 Å². The van der Waals surface area contributed by atoms with Crippen molar-refractivity contribution in [2.75, 3.05) is 27.3 Å². The van der Waals surface area contributed by atoms with Gasteiger partial charge in [-0.1, -0.05) is 37.1 Å². The number of carbonyl (C=O) groups excluding carboxylic acids is 2. The lowest BCUT2D eigenvalue weighted by Gasteiger charge is -2.53. The third-order valence-electron chi connectivity index (χ3n) is 6.77. The minimum atomic E-state index is -0.686. The van der Waals surface area contributed by atoms with Crippen LogP contribution in [0.3, 0.4) is 0 Å². The predicted octanol–water partition coefficient (Wildman–Crippen LogP) is 3.34. The van der Waals surface area contributed by atoms with Gasteiger partial charge in [-0.2, -0.15) is 0 Å². The Kier molecular flexibility index (Phi) is 7.19. The number of nitrogens with zero attached hydrogens (tertiary/aromatic N) is 2. The molecule has 2 heterocycles. The van der Waals surface area contributed by atoms with Crippen molar-refractivity contribution in [1.29, 1.82) is 0 Å². The normalized spacial score (nSPS) is 21.0. The summed E-state index contributed by atoms with van der Waals surface area (Å²) in [5.41, 5.74) is -1.01. The van der Waals surface area contributed by atoms with Crippen LogP contribution in [0.15, 0.2) is 29.2 Å². The topological polar surface area (TPSA) is 89.9 Å². The molecule has 10 heteroatoms. The summed E-state index contributed by atoms with van der Waals surface area (Å²) in [4.78, 5) is 41.3. The number of pyridine rings is 1. The van der Waals surface area contributed by atoms with Crippen molar-refractivity contribution >= 4 is 23.4 Å². The third kappa shape index (κ3) is 4.54. The number of methoxy groups -OCH3 is 1. The van der Waals surface area contributed by atoms with Crippen molar-refractivity contribution in [1.82, 2.24) is 14.8 Å². The standard InChI is InChI=1S/C25H29ClFN3O5/c1-4-5-9-35-22-20-24(33)29(2)14-25(10-16(11-25)34-3)30(20)13-17(21(22)31)23(32)28-12-15-7-6-8-18(26)19(15)27/h6-8,13,16H,4-5,9-12,14H2,1-3H3,(H,28,32). The first-order valence-electron chi connectivity index (χ1n) is 11.6. The molecule has 1 aliphatic heterocycles. The quantitative estimate of drug-likeness (QED) is 0.556. The molecule has 1 aliphatic carbocycles. The second-order valence-corrected chi connectivity index (χ2v) is 9.58. The number of rotatable bonds is 8. The van der Waals surface area contributed by atoms with Crippen molar-refractivity contribution in [3.8, 4) is 5.75 Å². The lowest BCUT2D eigenvalue weighted by Crippen LogP contribution is -2.61. The molecule has 188 valence electrons. The Morgan fingerprint density at radius 2 is 2.06 bits per heavy atom. The van der Waals surface area contributed by atoms with E-state index in [0.29, 0.717) is 25.8 Å². The van der Waals surface area contributed by atoms with Gasteiger partial charge in [0.15, 0.2) is 11.4 Å². The summed E-state index contributed by atoms with van der Waals surface area (Å²) in [5, 5.41) is 2.55. The Labute approximate surface area is 208 Å². The van der Waals surface area contributed by atoms with Crippen LogP contribution >= 0.6 is 11.6 Å². The molecule has 1 aromatic heterocycles. The van der Waals surface area contributed by atoms with E-state index in [1.807, 2.05) is 6.92 Å². The molecule has 2 amide bonds. The molecule has 1 spiro atoms. The number of hydrogen-bond acceptors (Lipinski definition) is 5. The average molecular weight is 506 g/mol. The lowest BCUT2D eigenvalue weighted by molar-refractivity contribution is -0.0673. The summed E-state index contributed by atoms with van der Waals surface area (Å²) in [6.07, 6.45) is 4.22. The van der Waals surface area contributed by atoms with E-state index in [1.54, 1.807) is 29.7 Å². The number of fused-ring (bicyclic) bond motifs is 2. The van der Waals surface area contributed by atoms with Gasteiger partial charge in [-0.05, 0) is 25.3 Å². The van der Waals surface area contributed by atoms with Crippen LogP contribution in [0.4, 0.5) is 4.39 Å². The Morgan fingerprint density at radius 3 is 2.74 bits per heavy atom. The Bertz CT molecular complexity index is 1210. The average Bonchev–Trinajstić information content (AvgIpc) is 2.81. The lowest BCUT2D eigenvalue weighted by atomic mass is 9.72. The molecule has 0 unspecified atom stereocenters. The molecular weight excluding hydrogens is 477 g/mol. The molecule has 4 rings (SSSR count). The highest BCUT2D eigenvalue weighted by atomic mass is 35.5. The zero-order chi connectivity index (χ0) is 25.3. The molecule has 0 saturated heterocycles. The third-order valence-corrected chi connectivity index (χ3v) is 7.06. The van der Waals surface area contributed by atoms with Crippen LogP contribution < -0.4 is 15.5 Å². The minimum Gasteiger partial charge on any atom is -0.487 e. The Morgan fingerprint density at radius 1 is 1.31 bits per heavy atom. The molecule has 1 aromatic carbocycles. The smallest absolute Gasteiger partial charge is 0.274 e. The number of hydrogen-bond donors (Lipinski definition) is 1. The van der Waals surface area contributed by atoms with Gasteiger partial charge in [0.1, 0.15) is 11.4 Å². The highest BCUT2D eigenvalue weighted by molar-refractivity contribution is 6.30. The molecule has 2 aliphatic rings. The van der Waals surface area contributed by atoms with Gasteiger partial charge in [-0.3, -0.25) is 14.4 Å². The minimum absolute atomic E-state index is 0.0106. The number of halogens is 2. The van der Waals surface area contributed by atoms with Crippen LogP contribution in [0.2, 0.25) is 5.02 Å². The number of carbonyl (C=O) groups is 2. The maximum absolute atomic E-state index is 14.3. The summed E-state index contributed by atoms with van der Waals surface area (Å²) in [6, 6.07) is 4.50. The van der Waals surface area contributed by atoms with Gasteiger partial charge in [-0.25, -0.2) is 4.39 Å². The van der Waals surface area contributed by atoms with Crippen LogP contribution in [0, 0.1) is 5.82 Å². The number of nitrogens with one attached hydrogen (secondary N) is 1. The van der Waals surface area contributed by atoms with E-state index in [-0.39, 0.29) is 52.8 Å². The number of amides is 2. The van der Waals surface area contributed by atoms with Crippen molar-refractivity contribution in [2.24, 2.45) is 0 Å². The number of unbranched alkanes of at least 4 members (excludes halogenated alkanes) is 1. The van der Waals surface area contributed by atoms with Crippen LogP contribution in [-0.4, -0.2) is 54.7 Å². The first-order chi connectivity index (χ1) is 16.7. The van der Waals surface area contributed by atoms with E-state index in [2.05, 4.69) is 5.32 Å². The highest BCUT2D eigenvalue weighted by Gasteiger charge is 2.52. The van der Waals surface area contributed by atoms with Gasteiger partial charge < -0.3 is 24.3 Å². The van der Waals surface area contributed by atoms with Crippen LogP contribution in [-0.2, 0) is 16.8 Å². The summed E-state index contributed by atoms with van der Waals surface area (Å²) in [5.74, 6) is -1.79. The van der Waals surface area contributed by atoms with E-state index < -0.39 is 22.7 Å². The van der Waals surface area contributed by atoms with E-state index in [4.69, 9.17) is 21.1 Å². The summed E-state index contributed by atoms with van der Waals surface area (Å²) in [7, 11) is 3.32. The monoisotopic (exact) mass is 505 g/mol. The highest BCUT2D eigenvalue weighted by Crippen LogP contribution is 2.45. The molecule has 1 fully saturated rings. The molecule has 8 nitrogen and oxygen atoms in total. The molecule has 1 N–H and O–H groups in total. The van der Waals surface area contributed by atoms with Gasteiger partial charge in [-0.15, -0.1) is 0 Å². The Balaban J connectivity index is 1.75. The molecule has 2 aromatic rings. The number of ether oxygens (including phenoxy) is 2. The number of aromatic nitrogens is 1. The van der Waals surface area contributed by atoms with E-state index in [1.165, 1.54) is 18.3 Å².